The highest BCUT2D eigenvalue weighted by molar-refractivity contribution is 7.45. The summed E-state index contributed by atoms with van der Waals surface area (Å²) < 4.78 is 36.9. The molecule has 0 saturated heterocycles. The molecule has 9 heteroatoms. The molecule has 0 aliphatic carbocycles. The predicted octanol–water partition coefficient (Wildman–Crippen LogP) is 10.7. The van der Waals surface area contributed by atoms with Crippen molar-refractivity contribution in [2.75, 3.05) is 47.5 Å². The van der Waals surface area contributed by atoms with Crippen LogP contribution < -0.4 is 4.89 Å². The molecule has 55 heavy (non-hydrogen) atoms. The number of rotatable bonds is 29. The van der Waals surface area contributed by atoms with Crippen LogP contribution in [0, 0.1) is 0 Å². The molecule has 3 rings (SSSR count). The summed E-state index contributed by atoms with van der Waals surface area (Å²) in [5.74, 6) is -0.0562. The Labute approximate surface area is 333 Å². The van der Waals surface area contributed by atoms with Crippen LogP contribution in [0.5, 0.6) is 0 Å². The lowest BCUT2D eigenvalue weighted by Crippen LogP contribution is -2.39. The summed E-state index contributed by atoms with van der Waals surface area (Å²) in [6, 6.07) is 28.2. The fraction of sp³-hybridized carbons (Fsp3) is 0.587. The largest absolute Gasteiger partial charge is 0.756 e. The number of hydrogen-bond donors (Lipinski definition) is 0. The van der Waals surface area contributed by atoms with Crippen LogP contribution in [-0.2, 0) is 33.5 Å². The van der Waals surface area contributed by atoms with Crippen molar-refractivity contribution >= 4 is 13.8 Å². The summed E-state index contributed by atoms with van der Waals surface area (Å²) in [6.07, 6.45) is 15.0. The Morgan fingerprint density at radius 1 is 0.673 bits per heavy atom. The molecule has 0 saturated carbocycles. The molecule has 0 amide bonds. The molecule has 1 unspecified atom stereocenters. The van der Waals surface area contributed by atoms with E-state index >= 15 is 0 Å². The highest BCUT2D eigenvalue weighted by Gasteiger charge is 2.39. The fourth-order valence-electron chi connectivity index (χ4n) is 6.70. The number of esters is 1. The number of benzene rings is 3. The molecule has 0 fully saturated rings. The zero-order valence-corrected chi connectivity index (χ0v) is 35.6. The number of quaternary nitrogens is 1. The molecule has 0 aliphatic rings. The van der Waals surface area contributed by atoms with Crippen molar-refractivity contribution in [3.8, 4) is 0 Å². The van der Waals surface area contributed by atoms with E-state index in [1.54, 1.807) is 0 Å². The first kappa shape index (κ1) is 46.5. The van der Waals surface area contributed by atoms with E-state index in [1.165, 1.54) is 69.8 Å². The molecular formula is C46H70NO7P. The number of unbranched alkanes of at least 4 members (excludes halogenated alkanes) is 12. The predicted molar refractivity (Wildman–Crippen MR) is 222 cm³/mol. The third-order valence-electron chi connectivity index (χ3n) is 10.0. The molecule has 0 bridgehead atoms. The van der Waals surface area contributed by atoms with Gasteiger partial charge in [-0.15, -0.1) is 0 Å². The van der Waals surface area contributed by atoms with E-state index < -0.39 is 32.1 Å². The van der Waals surface area contributed by atoms with Gasteiger partial charge in [0.25, 0.3) is 7.82 Å². The molecule has 0 radical (unpaired) electrons. The molecule has 3 aromatic carbocycles. The number of carbonyl (C=O) groups excluding carboxylic acids is 1. The topological polar surface area (TPSA) is 94.1 Å². The Morgan fingerprint density at radius 2 is 1.15 bits per heavy atom. The fourth-order valence-corrected chi connectivity index (χ4v) is 7.43. The van der Waals surface area contributed by atoms with Gasteiger partial charge in [-0.25, -0.2) is 0 Å². The minimum absolute atomic E-state index is 0.0260. The molecule has 0 aromatic heterocycles. The van der Waals surface area contributed by atoms with Crippen LogP contribution in [0.2, 0.25) is 0 Å². The average molecular weight is 780 g/mol. The first-order chi connectivity index (χ1) is 26.4. The third kappa shape index (κ3) is 17.5. The highest BCUT2D eigenvalue weighted by Crippen LogP contribution is 2.42. The van der Waals surface area contributed by atoms with Gasteiger partial charge in [-0.1, -0.05) is 183 Å². The van der Waals surface area contributed by atoms with Crippen molar-refractivity contribution in [2.45, 2.75) is 128 Å². The summed E-state index contributed by atoms with van der Waals surface area (Å²) in [5, 5.41) is 0. The molecule has 8 nitrogen and oxygen atoms in total. The smallest absolute Gasteiger partial charge is 0.306 e. The Kier molecular flexibility index (Phi) is 20.9. The second kappa shape index (κ2) is 24.7. The molecule has 0 aliphatic heterocycles. The van der Waals surface area contributed by atoms with Crippen LogP contribution in [-0.4, -0.2) is 64.1 Å². The summed E-state index contributed by atoms with van der Waals surface area (Å²) in [7, 11) is 1.16. The van der Waals surface area contributed by atoms with Gasteiger partial charge in [-0.3, -0.25) is 9.36 Å². The van der Waals surface area contributed by atoms with Gasteiger partial charge >= 0.3 is 5.97 Å². The molecule has 2 atom stereocenters. The monoisotopic (exact) mass is 779 g/mol. The Hall–Kier alpha value is -2.84. The quantitative estimate of drug-likeness (QED) is 0.0228. The normalized spacial score (nSPS) is 13.8. The van der Waals surface area contributed by atoms with Crippen molar-refractivity contribution in [2.24, 2.45) is 0 Å². The maximum absolute atomic E-state index is 13.3. The van der Waals surface area contributed by atoms with Crippen molar-refractivity contribution < 1.29 is 37.3 Å². The number of carbonyl (C=O) groups is 1. The summed E-state index contributed by atoms with van der Waals surface area (Å²) in [6.45, 7) is 6.46. The van der Waals surface area contributed by atoms with Gasteiger partial charge in [0.05, 0.1) is 34.4 Å². The van der Waals surface area contributed by atoms with Crippen LogP contribution in [0.4, 0.5) is 0 Å². The van der Waals surface area contributed by atoms with Gasteiger partial charge in [0.15, 0.2) is 0 Å². The minimum Gasteiger partial charge on any atom is -0.756 e. The minimum atomic E-state index is -4.69. The summed E-state index contributed by atoms with van der Waals surface area (Å²) >= 11 is 0. The summed E-state index contributed by atoms with van der Waals surface area (Å²) in [5.41, 5.74) is 2.76. The second-order valence-corrected chi connectivity index (χ2v) is 17.6. The van der Waals surface area contributed by atoms with Gasteiger partial charge < -0.3 is 27.9 Å². The molecule has 306 valence electrons. The molecule has 3 aromatic rings. The second-order valence-electron chi connectivity index (χ2n) is 16.2. The Morgan fingerprint density at radius 3 is 1.62 bits per heavy atom. The lowest BCUT2D eigenvalue weighted by atomic mass is 9.79. The summed E-state index contributed by atoms with van der Waals surface area (Å²) in [4.78, 5) is 26.1. The third-order valence-corrected chi connectivity index (χ3v) is 11.0. The van der Waals surface area contributed by atoms with Gasteiger partial charge in [-0.05, 0) is 34.6 Å². The van der Waals surface area contributed by atoms with E-state index in [9.17, 15) is 14.3 Å². The van der Waals surface area contributed by atoms with Gasteiger partial charge in [-0.2, -0.15) is 0 Å². The van der Waals surface area contributed by atoms with Gasteiger partial charge in [0.1, 0.15) is 24.9 Å². The van der Waals surface area contributed by atoms with E-state index in [0.717, 1.165) is 29.5 Å². The average Bonchev–Trinajstić information content (AvgIpc) is 3.16. The first-order valence-electron chi connectivity index (χ1n) is 20.8. The van der Waals surface area contributed by atoms with Gasteiger partial charge in [0.2, 0.25) is 0 Å². The first-order valence-corrected chi connectivity index (χ1v) is 22.3. The van der Waals surface area contributed by atoms with Gasteiger partial charge in [0, 0.05) is 6.42 Å². The van der Waals surface area contributed by atoms with E-state index in [0.29, 0.717) is 23.4 Å². The Balaban J connectivity index is 1.73. The van der Waals surface area contributed by atoms with E-state index in [1.807, 2.05) is 81.8 Å². The SMILES string of the molecule is CCCCCCCCCCCCCCCC(=O)O[C@H](COC(c1ccccc1)(c1ccccc1)c1ccc(C(C)C)cc1)COP(=O)([O-])OCC[N+](C)(C)C. The van der Waals surface area contributed by atoms with Crippen molar-refractivity contribution in [1.82, 2.24) is 0 Å². The van der Waals surface area contributed by atoms with E-state index in [2.05, 4.69) is 45.0 Å². The van der Waals surface area contributed by atoms with Crippen LogP contribution in [0.3, 0.4) is 0 Å². The van der Waals surface area contributed by atoms with Crippen molar-refractivity contribution in [3.63, 3.8) is 0 Å². The maximum Gasteiger partial charge on any atom is 0.306 e. The lowest BCUT2D eigenvalue weighted by molar-refractivity contribution is -0.870. The number of likely N-dealkylation sites (N-methyl/N-ethyl adjacent to an activating group) is 1. The number of phosphoric ester groups is 1. The number of nitrogens with zero attached hydrogens (tertiary/aromatic N) is 1. The van der Waals surface area contributed by atoms with Crippen LogP contribution >= 0.6 is 7.82 Å². The van der Waals surface area contributed by atoms with Crippen LogP contribution in [0.15, 0.2) is 84.9 Å². The van der Waals surface area contributed by atoms with E-state index in [-0.39, 0.29) is 19.6 Å². The molecule has 0 heterocycles. The molecule has 0 N–H and O–H groups in total. The van der Waals surface area contributed by atoms with Crippen molar-refractivity contribution in [1.29, 1.82) is 0 Å². The van der Waals surface area contributed by atoms with Crippen molar-refractivity contribution in [3.05, 3.63) is 107 Å². The maximum atomic E-state index is 13.3. The highest BCUT2D eigenvalue weighted by atomic mass is 31.2. The molecule has 0 spiro atoms. The zero-order chi connectivity index (χ0) is 40.0. The molecular weight excluding hydrogens is 709 g/mol. The number of hydrogen-bond acceptors (Lipinski definition) is 7. The Bertz CT molecular complexity index is 1470. The standard InChI is InChI=1S/C46H70NO7P/c1-7-8-9-10-11-12-13-14-15-16-17-18-25-30-45(48)54-44(38-53-55(49,50)52-36-35-47(4,5)6)37-51-46(41-26-21-19-22-27-41,42-28-23-20-24-29-42)43-33-31-40(32-34-43)39(2)3/h19-24,26-29,31-34,39,44H,7-18,25,30,35-38H2,1-6H3/t44-/m1/s1. The number of phosphoric acid groups is 1. The zero-order valence-electron chi connectivity index (χ0n) is 34.7. The number of ether oxygens (including phenoxy) is 2. The lowest BCUT2D eigenvalue weighted by Gasteiger charge is -2.37. The van der Waals surface area contributed by atoms with E-state index in [4.69, 9.17) is 18.5 Å². The van der Waals surface area contributed by atoms with Crippen LogP contribution in [0.25, 0.3) is 0 Å². The van der Waals surface area contributed by atoms with Crippen LogP contribution in [0.1, 0.15) is 139 Å².